The molecule has 0 radical (unpaired) electrons. The Balaban J connectivity index is 0.00000277. The van der Waals surface area contributed by atoms with Crippen molar-refractivity contribution in [3.63, 3.8) is 0 Å². The van der Waals surface area contributed by atoms with E-state index in [9.17, 15) is 9.59 Å². The molecule has 5 heteroatoms. The van der Waals surface area contributed by atoms with Crippen LogP contribution in [0.1, 0.15) is 67.6 Å². The first-order chi connectivity index (χ1) is 11.6. The Morgan fingerprint density at radius 3 is 1.88 bits per heavy atom. The van der Waals surface area contributed by atoms with E-state index >= 15 is 0 Å². The monoisotopic (exact) mass is 366 g/mol. The van der Waals surface area contributed by atoms with Gasteiger partial charge in [-0.05, 0) is 50.2 Å². The van der Waals surface area contributed by atoms with E-state index in [2.05, 4.69) is 13.8 Å². The van der Waals surface area contributed by atoms with Crippen LogP contribution in [-0.2, 0) is 14.1 Å². The standard InChI is InChI=1S/C20H30O3.HOP/c1-12(2)8-9-17(21)23-20(13(3)4)19(22)18-15(6)10-14(5)11-16(18)7;1-2/h10-13,20H,8-9H2,1-7H3;2H. The molecule has 25 heavy (non-hydrogen) atoms. The third kappa shape index (κ3) is 7.48. The number of carbonyl (C=O) groups is 2. The summed E-state index contributed by atoms with van der Waals surface area (Å²) in [5.74, 6) is 0.0176. The molecule has 0 saturated carbocycles. The zero-order valence-corrected chi connectivity index (χ0v) is 17.4. The first kappa shape index (κ1) is 23.5. The van der Waals surface area contributed by atoms with Crippen LogP contribution in [0, 0.1) is 32.6 Å². The largest absolute Gasteiger partial charge is 0.454 e. The van der Waals surface area contributed by atoms with E-state index in [0.717, 1.165) is 23.1 Å². The van der Waals surface area contributed by atoms with Crippen molar-refractivity contribution in [1.82, 2.24) is 0 Å². The van der Waals surface area contributed by atoms with Crippen LogP contribution in [0.5, 0.6) is 0 Å². The van der Waals surface area contributed by atoms with Crippen molar-refractivity contribution in [2.75, 3.05) is 0 Å². The van der Waals surface area contributed by atoms with Crippen LogP contribution >= 0.6 is 9.12 Å². The molecule has 0 aliphatic heterocycles. The molecule has 1 atom stereocenters. The number of esters is 1. The Hall–Kier alpha value is -1.54. The summed E-state index contributed by atoms with van der Waals surface area (Å²) in [4.78, 5) is 25.0. The van der Waals surface area contributed by atoms with Crippen LogP contribution in [0.2, 0.25) is 0 Å². The molecule has 0 fully saturated rings. The van der Waals surface area contributed by atoms with Gasteiger partial charge < -0.3 is 4.74 Å². The van der Waals surface area contributed by atoms with Gasteiger partial charge in [-0.2, -0.15) is 0 Å². The second-order valence-electron chi connectivity index (χ2n) is 7.22. The number of hydrogen-bond acceptors (Lipinski definition) is 4. The molecule has 0 bridgehead atoms. The predicted octanol–water partition coefficient (Wildman–Crippen LogP) is 5.27. The van der Waals surface area contributed by atoms with Gasteiger partial charge in [0.2, 0.25) is 5.78 Å². The summed E-state index contributed by atoms with van der Waals surface area (Å²) in [5.41, 5.74) is 3.70. The summed E-state index contributed by atoms with van der Waals surface area (Å²) in [6.45, 7) is 13.8. The second-order valence-corrected chi connectivity index (χ2v) is 7.22. The molecule has 0 saturated heterocycles. The lowest BCUT2D eigenvalue weighted by Crippen LogP contribution is -2.33. The molecular formula is C20H31O4P. The van der Waals surface area contributed by atoms with Crippen LogP contribution in [0.15, 0.2) is 12.1 Å². The van der Waals surface area contributed by atoms with Gasteiger partial charge in [-0.1, -0.05) is 45.4 Å². The minimum Gasteiger partial charge on any atom is -0.454 e. The molecule has 0 spiro atoms. The first-order valence-electron chi connectivity index (χ1n) is 8.65. The quantitative estimate of drug-likeness (QED) is 0.374. The highest BCUT2D eigenvalue weighted by atomic mass is 31.0. The smallest absolute Gasteiger partial charge is 0.306 e. The van der Waals surface area contributed by atoms with E-state index in [4.69, 9.17) is 9.30 Å². The Morgan fingerprint density at radius 1 is 1.00 bits per heavy atom. The average Bonchev–Trinajstić information content (AvgIpc) is 2.51. The molecule has 1 unspecified atom stereocenters. The number of ketones is 1. The van der Waals surface area contributed by atoms with Crippen LogP contribution in [0.25, 0.3) is 0 Å². The van der Waals surface area contributed by atoms with Gasteiger partial charge in [-0.15, -0.1) is 0 Å². The van der Waals surface area contributed by atoms with E-state index in [1.807, 2.05) is 46.8 Å². The number of benzene rings is 1. The summed E-state index contributed by atoms with van der Waals surface area (Å²) in [6.07, 6.45) is 0.426. The Labute approximate surface area is 154 Å². The van der Waals surface area contributed by atoms with E-state index in [0.29, 0.717) is 17.9 Å². The van der Waals surface area contributed by atoms with E-state index in [1.165, 1.54) is 0 Å². The zero-order chi connectivity index (χ0) is 19.7. The number of hydrogen-bond donors (Lipinski definition) is 0. The fraction of sp³-hybridized carbons (Fsp3) is 0.600. The number of rotatable bonds is 7. The maximum Gasteiger partial charge on any atom is 0.306 e. The molecule has 4 nitrogen and oxygen atoms in total. The third-order valence-corrected chi connectivity index (χ3v) is 3.97. The Bertz CT molecular complexity index is 570. The van der Waals surface area contributed by atoms with Crippen LogP contribution < -0.4 is 0 Å². The molecule has 1 rings (SSSR count). The lowest BCUT2D eigenvalue weighted by atomic mass is 9.90. The normalized spacial score (nSPS) is 11.7. The fourth-order valence-electron chi connectivity index (χ4n) is 2.81. The van der Waals surface area contributed by atoms with Crippen molar-refractivity contribution in [3.8, 4) is 0 Å². The van der Waals surface area contributed by atoms with Crippen LogP contribution in [-0.4, -0.2) is 17.9 Å². The number of ether oxygens (including phenoxy) is 1. The minimum absolute atomic E-state index is 0.0504. The first-order valence-corrected chi connectivity index (χ1v) is 9.06. The SMILES string of the molecule is Cc1cc(C)c(C(=O)C(OC(=O)CCC(C)C)C(C)C)c(C)c1.O=P. The Kier molecular flexibility index (Phi) is 10.5. The molecule has 0 heterocycles. The summed E-state index contributed by atoms with van der Waals surface area (Å²) in [5, 5.41) is 0. The van der Waals surface area contributed by atoms with Crippen molar-refractivity contribution in [2.24, 2.45) is 11.8 Å². The summed E-state index contributed by atoms with van der Waals surface area (Å²) in [6, 6.07) is 4.00. The average molecular weight is 366 g/mol. The van der Waals surface area contributed by atoms with Crippen LogP contribution in [0.3, 0.4) is 0 Å². The predicted molar refractivity (Wildman–Crippen MR) is 103 cm³/mol. The number of aryl methyl sites for hydroxylation is 3. The second kappa shape index (κ2) is 11.1. The maximum atomic E-state index is 12.9. The maximum absolute atomic E-state index is 12.9. The molecule has 0 N–H and O–H groups in total. The van der Waals surface area contributed by atoms with Crippen molar-refractivity contribution in [2.45, 2.75) is 67.4 Å². The molecule has 0 amide bonds. The van der Waals surface area contributed by atoms with Crippen molar-refractivity contribution < 1.29 is 18.9 Å². The summed E-state index contributed by atoms with van der Waals surface area (Å²) in [7, 11) is 1.72. The highest BCUT2D eigenvalue weighted by Gasteiger charge is 2.29. The molecular weight excluding hydrogens is 335 g/mol. The van der Waals surface area contributed by atoms with Crippen molar-refractivity contribution in [1.29, 1.82) is 0 Å². The molecule has 0 aromatic heterocycles. The molecule has 0 aliphatic carbocycles. The van der Waals surface area contributed by atoms with Gasteiger partial charge in [0.05, 0.1) is 0 Å². The minimum atomic E-state index is -0.713. The molecule has 1 aromatic carbocycles. The summed E-state index contributed by atoms with van der Waals surface area (Å²) >= 11 is 0. The molecule has 1 aromatic rings. The van der Waals surface area contributed by atoms with E-state index in [1.54, 1.807) is 9.12 Å². The molecule has 0 aliphatic rings. The third-order valence-electron chi connectivity index (χ3n) is 3.97. The van der Waals surface area contributed by atoms with Gasteiger partial charge in [0.25, 0.3) is 0 Å². The lowest BCUT2D eigenvalue weighted by Gasteiger charge is -2.22. The number of Topliss-reactive ketones (excluding diaryl/α,β-unsaturated/α-hetero) is 1. The number of carbonyl (C=O) groups excluding carboxylic acids is 2. The van der Waals surface area contributed by atoms with Gasteiger partial charge in [-0.25, -0.2) is 0 Å². The van der Waals surface area contributed by atoms with Gasteiger partial charge >= 0.3 is 5.97 Å². The highest BCUT2D eigenvalue weighted by molar-refractivity contribution is 7.00. The molecule has 140 valence electrons. The van der Waals surface area contributed by atoms with Crippen LogP contribution in [0.4, 0.5) is 0 Å². The van der Waals surface area contributed by atoms with Gasteiger partial charge in [0.15, 0.2) is 6.10 Å². The van der Waals surface area contributed by atoms with Crippen molar-refractivity contribution in [3.05, 3.63) is 34.4 Å². The topological polar surface area (TPSA) is 60.4 Å². The van der Waals surface area contributed by atoms with E-state index < -0.39 is 6.10 Å². The highest BCUT2D eigenvalue weighted by Crippen LogP contribution is 2.22. The lowest BCUT2D eigenvalue weighted by molar-refractivity contribution is -0.149. The van der Waals surface area contributed by atoms with Gasteiger partial charge in [0.1, 0.15) is 9.12 Å². The summed E-state index contributed by atoms with van der Waals surface area (Å²) < 4.78 is 13.6. The van der Waals surface area contributed by atoms with Crippen molar-refractivity contribution >= 4 is 20.9 Å². The van der Waals surface area contributed by atoms with Gasteiger partial charge in [0, 0.05) is 12.0 Å². The Morgan fingerprint density at radius 2 is 1.48 bits per heavy atom. The van der Waals surface area contributed by atoms with E-state index in [-0.39, 0.29) is 17.7 Å². The van der Waals surface area contributed by atoms with Gasteiger partial charge in [-0.3, -0.25) is 14.2 Å². The zero-order valence-electron chi connectivity index (χ0n) is 16.4. The fourth-order valence-corrected chi connectivity index (χ4v) is 2.81.